The number of dihydropyridines is 1. The lowest BCUT2D eigenvalue weighted by molar-refractivity contribution is -0.140. The second kappa shape index (κ2) is 7.64. The van der Waals surface area contributed by atoms with Crippen molar-refractivity contribution in [2.75, 3.05) is 20.3 Å². The van der Waals surface area contributed by atoms with Crippen LogP contribution >= 0.6 is 0 Å². The second-order valence-corrected chi connectivity index (χ2v) is 7.84. The first-order chi connectivity index (χ1) is 12.8. The number of carbonyl (C=O) groups excluding carboxylic acids is 2. The Bertz CT molecular complexity index is 809. The van der Waals surface area contributed by atoms with E-state index in [9.17, 15) is 9.59 Å². The Kier molecular flexibility index (Phi) is 5.46. The van der Waals surface area contributed by atoms with E-state index in [0.29, 0.717) is 24.2 Å². The molecule has 0 spiro atoms. The lowest BCUT2D eigenvalue weighted by Crippen LogP contribution is -2.38. The summed E-state index contributed by atoms with van der Waals surface area (Å²) in [4.78, 5) is 30.1. The van der Waals surface area contributed by atoms with Gasteiger partial charge in [0.15, 0.2) is 5.78 Å². The van der Waals surface area contributed by atoms with Crippen molar-refractivity contribution in [2.45, 2.75) is 39.5 Å². The maximum atomic E-state index is 13.1. The molecule has 0 unspecified atom stereocenters. The van der Waals surface area contributed by atoms with Gasteiger partial charge in [-0.1, -0.05) is 19.9 Å². The van der Waals surface area contributed by atoms with E-state index in [1.54, 1.807) is 19.5 Å². The molecule has 0 fully saturated rings. The summed E-state index contributed by atoms with van der Waals surface area (Å²) in [5.41, 5.74) is 3.45. The zero-order chi connectivity index (χ0) is 19.6. The molecule has 1 N–H and O–H groups in total. The van der Waals surface area contributed by atoms with Crippen molar-refractivity contribution in [1.29, 1.82) is 0 Å². The Morgan fingerprint density at radius 3 is 2.78 bits per heavy atom. The van der Waals surface area contributed by atoms with Gasteiger partial charge in [-0.05, 0) is 30.4 Å². The largest absolute Gasteiger partial charge is 0.460 e. The van der Waals surface area contributed by atoms with Crippen LogP contribution in [0.1, 0.15) is 45.1 Å². The molecule has 2 aliphatic rings. The summed E-state index contributed by atoms with van der Waals surface area (Å²) in [6, 6.07) is 3.72. The van der Waals surface area contributed by atoms with Crippen molar-refractivity contribution in [3.63, 3.8) is 0 Å². The van der Waals surface area contributed by atoms with Crippen LogP contribution in [0.4, 0.5) is 0 Å². The third kappa shape index (κ3) is 3.95. The second-order valence-electron chi connectivity index (χ2n) is 7.84. The van der Waals surface area contributed by atoms with Crippen molar-refractivity contribution in [1.82, 2.24) is 10.3 Å². The molecule has 0 amide bonds. The molecule has 1 aliphatic carbocycles. The zero-order valence-electron chi connectivity index (χ0n) is 16.3. The molecule has 1 aromatic rings. The van der Waals surface area contributed by atoms with E-state index < -0.39 is 11.9 Å². The molecule has 0 saturated carbocycles. The summed E-state index contributed by atoms with van der Waals surface area (Å²) in [5.74, 6) is -0.832. The number of Topliss-reactive ketones (excluding diaryl/α,β-unsaturated/α-hetero) is 1. The number of ketones is 1. The summed E-state index contributed by atoms with van der Waals surface area (Å²) in [7, 11) is 1.55. The fourth-order valence-electron chi connectivity index (χ4n) is 3.88. The quantitative estimate of drug-likeness (QED) is 0.634. The minimum absolute atomic E-state index is 0.0669. The number of esters is 1. The number of nitrogens with zero attached hydrogens (tertiary/aromatic N) is 1. The predicted molar refractivity (Wildman–Crippen MR) is 101 cm³/mol. The fraction of sp³-hybridized carbons (Fsp3) is 0.476. The van der Waals surface area contributed by atoms with E-state index in [1.807, 2.05) is 19.1 Å². The number of hydrogen-bond acceptors (Lipinski definition) is 6. The molecule has 0 radical (unpaired) electrons. The Balaban J connectivity index is 2.06. The van der Waals surface area contributed by atoms with Crippen LogP contribution in [0, 0.1) is 5.41 Å². The van der Waals surface area contributed by atoms with E-state index >= 15 is 0 Å². The van der Waals surface area contributed by atoms with Gasteiger partial charge in [0, 0.05) is 48.8 Å². The van der Waals surface area contributed by atoms with Crippen molar-refractivity contribution in [2.24, 2.45) is 5.41 Å². The molecular formula is C21H26N2O4. The van der Waals surface area contributed by atoms with Gasteiger partial charge in [0.1, 0.15) is 6.61 Å². The van der Waals surface area contributed by atoms with Gasteiger partial charge in [-0.15, -0.1) is 0 Å². The summed E-state index contributed by atoms with van der Waals surface area (Å²) in [5, 5.41) is 3.31. The summed E-state index contributed by atoms with van der Waals surface area (Å²) in [6.07, 6.45) is 4.60. The number of allylic oxidation sites excluding steroid dienone is 3. The van der Waals surface area contributed by atoms with Gasteiger partial charge in [-0.2, -0.15) is 0 Å². The fourth-order valence-corrected chi connectivity index (χ4v) is 3.88. The highest BCUT2D eigenvalue weighted by Gasteiger charge is 2.43. The van der Waals surface area contributed by atoms with Gasteiger partial charge in [-0.3, -0.25) is 9.78 Å². The highest BCUT2D eigenvalue weighted by atomic mass is 16.6. The number of carbonyl (C=O) groups is 2. The maximum Gasteiger partial charge on any atom is 0.336 e. The SMILES string of the molecule is COCCOC(=O)C1=C(C)NC2=C(C(=O)CC(C)(C)C2)[C@@H]1c1cccnc1. The number of pyridine rings is 1. The Morgan fingerprint density at radius 2 is 2.11 bits per heavy atom. The van der Waals surface area contributed by atoms with E-state index in [-0.39, 0.29) is 17.8 Å². The first-order valence-electron chi connectivity index (χ1n) is 9.14. The molecule has 1 aliphatic heterocycles. The van der Waals surface area contributed by atoms with Crippen LogP contribution in [0.3, 0.4) is 0 Å². The van der Waals surface area contributed by atoms with Gasteiger partial charge in [0.2, 0.25) is 0 Å². The highest BCUT2D eigenvalue weighted by Crippen LogP contribution is 2.46. The molecule has 0 aromatic carbocycles. The van der Waals surface area contributed by atoms with Gasteiger partial charge >= 0.3 is 5.97 Å². The average molecular weight is 370 g/mol. The topological polar surface area (TPSA) is 77.5 Å². The standard InChI is InChI=1S/C21H26N2O4/c1-13-17(20(25)27-9-8-26-4)18(14-6-5-7-22-12-14)19-15(23-13)10-21(2,3)11-16(19)24/h5-7,12,18,23H,8-11H2,1-4H3/t18-/m1/s1. The van der Waals surface area contributed by atoms with Gasteiger partial charge in [0.05, 0.1) is 12.2 Å². The van der Waals surface area contributed by atoms with E-state index in [1.165, 1.54) is 0 Å². The van der Waals surface area contributed by atoms with E-state index in [4.69, 9.17) is 9.47 Å². The molecular weight excluding hydrogens is 344 g/mol. The molecule has 1 atom stereocenters. The molecule has 3 rings (SSSR count). The monoisotopic (exact) mass is 370 g/mol. The highest BCUT2D eigenvalue weighted by molar-refractivity contribution is 6.04. The zero-order valence-corrected chi connectivity index (χ0v) is 16.3. The smallest absolute Gasteiger partial charge is 0.336 e. The molecule has 0 bridgehead atoms. The molecule has 6 heteroatoms. The molecule has 6 nitrogen and oxygen atoms in total. The van der Waals surface area contributed by atoms with Crippen LogP contribution < -0.4 is 5.32 Å². The third-order valence-corrected chi connectivity index (χ3v) is 5.00. The molecule has 0 saturated heterocycles. The number of hydrogen-bond donors (Lipinski definition) is 1. The van der Waals surface area contributed by atoms with E-state index in [2.05, 4.69) is 24.1 Å². The van der Waals surface area contributed by atoms with Crippen molar-refractivity contribution in [3.05, 3.63) is 52.6 Å². The van der Waals surface area contributed by atoms with Crippen molar-refractivity contribution in [3.8, 4) is 0 Å². The lowest BCUT2D eigenvalue weighted by Gasteiger charge is -2.39. The first kappa shape index (κ1) is 19.3. The lowest BCUT2D eigenvalue weighted by atomic mass is 9.69. The van der Waals surface area contributed by atoms with Crippen LogP contribution in [-0.2, 0) is 19.1 Å². The number of aromatic nitrogens is 1. The number of rotatable bonds is 5. The molecule has 2 heterocycles. The number of nitrogens with one attached hydrogen (secondary N) is 1. The summed E-state index contributed by atoms with van der Waals surface area (Å²) >= 11 is 0. The normalized spacial score (nSPS) is 21.6. The number of methoxy groups -OCH3 is 1. The molecule has 144 valence electrons. The van der Waals surface area contributed by atoms with Crippen LogP contribution in [-0.4, -0.2) is 37.1 Å². The van der Waals surface area contributed by atoms with Crippen LogP contribution in [0.15, 0.2) is 47.1 Å². The van der Waals surface area contributed by atoms with Crippen molar-refractivity contribution >= 4 is 11.8 Å². The van der Waals surface area contributed by atoms with Gasteiger partial charge in [-0.25, -0.2) is 4.79 Å². The average Bonchev–Trinajstić information content (AvgIpc) is 2.60. The third-order valence-electron chi connectivity index (χ3n) is 5.00. The Morgan fingerprint density at radius 1 is 1.33 bits per heavy atom. The minimum Gasteiger partial charge on any atom is -0.460 e. The Hall–Kier alpha value is -2.47. The van der Waals surface area contributed by atoms with E-state index in [0.717, 1.165) is 23.4 Å². The molecule has 1 aromatic heterocycles. The summed E-state index contributed by atoms with van der Waals surface area (Å²) in [6.45, 7) is 6.51. The van der Waals surface area contributed by atoms with Gasteiger partial charge < -0.3 is 14.8 Å². The Labute approximate surface area is 159 Å². The summed E-state index contributed by atoms with van der Waals surface area (Å²) < 4.78 is 10.3. The van der Waals surface area contributed by atoms with Crippen LogP contribution in [0.2, 0.25) is 0 Å². The number of ether oxygens (including phenoxy) is 2. The minimum atomic E-state index is -0.464. The molecule has 27 heavy (non-hydrogen) atoms. The van der Waals surface area contributed by atoms with Crippen molar-refractivity contribution < 1.29 is 19.1 Å². The van der Waals surface area contributed by atoms with Gasteiger partial charge in [0.25, 0.3) is 0 Å². The predicted octanol–water partition coefficient (Wildman–Crippen LogP) is 2.88. The maximum absolute atomic E-state index is 13.1. The first-order valence-corrected chi connectivity index (χ1v) is 9.14. The van der Waals surface area contributed by atoms with Crippen LogP contribution in [0.5, 0.6) is 0 Å². The van der Waals surface area contributed by atoms with Crippen LogP contribution in [0.25, 0.3) is 0 Å².